The van der Waals surface area contributed by atoms with Crippen LogP contribution in [0.3, 0.4) is 0 Å². The Morgan fingerprint density at radius 1 is 1.12 bits per heavy atom. The fourth-order valence-corrected chi connectivity index (χ4v) is 4.18. The third kappa shape index (κ3) is 4.74. The molecule has 0 saturated carbocycles. The molecule has 0 atom stereocenters. The van der Waals surface area contributed by atoms with Crippen molar-refractivity contribution in [1.82, 2.24) is 4.90 Å². The van der Waals surface area contributed by atoms with Crippen molar-refractivity contribution in [1.29, 1.82) is 0 Å². The lowest BCUT2D eigenvalue weighted by atomic mass is 9.82. The van der Waals surface area contributed by atoms with Gasteiger partial charge < -0.3 is 19.7 Å². The fourth-order valence-electron chi connectivity index (χ4n) is 4.18. The number of rotatable bonds is 5. The van der Waals surface area contributed by atoms with E-state index < -0.39 is 5.60 Å². The highest BCUT2D eigenvalue weighted by atomic mass is 19.1. The number of halogens is 1. The number of hydrogen-bond donors (Lipinski definition) is 1. The molecule has 0 radical (unpaired) electrons. The summed E-state index contributed by atoms with van der Waals surface area (Å²) in [6, 6.07) is 10.7. The number of carbonyl (C=O) groups excluding carboxylic acids is 3. The van der Waals surface area contributed by atoms with E-state index in [9.17, 15) is 18.8 Å². The SMILES string of the molecule is COc1ccc2c(c1)OC1(CCN(C(=O)CCC(=O)Nc3ccc(F)cc3)CC1)CC2=O. The first-order valence-corrected chi connectivity index (χ1v) is 10.6. The molecule has 0 aromatic heterocycles. The highest BCUT2D eigenvalue weighted by Gasteiger charge is 2.43. The average Bonchev–Trinajstić information content (AvgIpc) is 2.79. The van der Waals surface area contributed by atoms with Crippen molar-refractivity contribution in [2.24, 2.45) is 0 Å². The Balaban J connectivity index is 1.29. The Bertz CT molecular complexity index is 1030. The molecule has 7 nitrogen and oxygen atoms in total. The highest BCUT2D eigenvalue weighted by Crippen LogP contribution is 2.40. The molecule has 0 bridgehead atoms. The second-order valence-corrected chi connectivity index (χ2v) is 8.18. The van der Waals surface area contributed by atoms with Crippen LogP contribution in [0.15, 0.2) is 42.5 Å². The minimum absolute atomic E-state index is 0.0335. The quantitative estimate of drug-likeness (QED) is 0.768. The van der Waals surface area contributed by atoms with E-state index in [4.69, 9.17) is 9.47 Å². The number of ether oxygens (including phenoxy) is 2. The van der Waals surface area contributed by atoms with Crippen LogP contribution in [0.25, 0.3) is 0 Å². The lowest BCUT2D eigenvalue weighted by Gasteiger charge is -2.44. The number of nitrogens with zero attached hydrogens (tertiary/aromatic N) is 1. The average molecular weight is 440 g/mol. The van der Waals surface area contributed by atoms with E-state index in [1.807, 2.05) is 0 Å². The van der Waals surface area contributed by atoms with Crippen molar-refractivity contribution in [3.05, 3.63) is 53.8 Å². The Labute approximate surface area is 185 Å². The van der Waals surface area contributed by atoms with Gasteiger partial charge in [0.05, 0.1) is 19.1 Å². The summed E-state index contributed by atoms with van der Waals surface area (Å²) in [6.07, 6.45) is 1.50. The second-order valence-electron chi connectivity index (χ2n) is 8.18. The summed E-state index contributed by atoms with van der Waals surface area (Å²) in [5, 5.41) is 2.65. The molecule has 2 aromatic rings. The third-order valence-electron chi connectivity index (χ3n) is 6.02. The number of likely N-dealkylation sites (tertiary alicyclic amines) is 1. The van der Waals surface area contributed by atoms with Gasteiger partial charge in [-0.05, 0) is 36.4 Å². The van der Waals surface area contributed by atoms with Crippen LogP contribution in [0.1, 0.15) is 42.5 Å². The van der Waals surface area contributed by atoms with Crippen molar-refractivity contribution >= 4 is 23.3 Å². The van der Waals surface area contributed by atoms with Crippen LogP contribution in [-0.2, 0) is 9.59 Å². The summed E-state index contributed by atoms with van der Waals surface area (Å²) < 4.78 is 24.4. The minimum Gasteiger partial charge on any atom is -0.497 e. The van der Waals surface area contributed by atoms with Crippen molar-refractivity contribution in [2.45, 2.75) is 37.7 Å². The van der Waals surface area contributed by atoms with E-state index >= 15 is 0 Å². The number of benzene rings is 2. The van der Waals surface area contributed by atoms with Gasteiger partial charge in [-0.2, -0.15) is 0 Å². The standard InChI is InChI=1S/C24H25FN2O5/c1-31-18-6-7-19-20(28)15-24(32-21(19)14-18)10-12-27(13-11-24)23(30)9-8-22(29)26-17-4-2-16(25)3-5-17/h2-7,14H,8-13,15H2,1H3,(H,26,29). The summed E-state index contributed by atoms with van der Waals surface area (Å²) in [7, 11) is 1.56. The van der Waals surface area contributed by atoms with Gasteiger partial charge in [0.15, 0.2) is 5.78 Å². The summed E-state index contributed by atoms with van der Waals surface area (Å²) in [5.41, 5.74) is 0.426. The van der Waals surface area contributed by atoms with Crippen LogP contribution >= 0.6 is 0 Å². The Morgan fingerprint density at radius 3 is 2.53 bits per heavy atom. The molecule has 2 aliphatic rings. The van der Waals surface area contributed by atoms with Gasteiger partial charge in [-0.15, -0.1) is 0 Å². The molecule has 32 heavy (non-hydrogen) atoms. The van der Waals surface area contributed by atoms with Crippen molar-refractivity contribution in [3.63, 3.8) is 0 Å². The number of methoxy groups -OCH3 is 1. The number of nitrogens with one attached hydrogen (secondary N) is 1. The highest BCUT2D eigenvalue weighted by molar-refractivity contribution is 6.00. The predicted octanol–water partition coefficient (Wildman–Crippen LogP) is 3.58. The monoisotopic (exact) mass is 440 g/mol. The molecule has 2 heterocycles. The number of Topliss-reactive ketones (excluding diaryl/α,β-unsaturated/α-hetero) is 1. The molecule has 1 saturated heterocycles. The van der Waals surface area contributed by atoms with Crippen molar-refractivity contribution < 1.29 is 28.2 Å². The molecule has 8 heteroatoms. The number of hydrogen-bond acceptors (Lipinski definition) is 5. The van der Waals surface area contributed by atoms with E-state index in [2.05, 4.69) is 5.32 Å². The normalized spacial score (nSPS) is 16.8. The van der Waals surface area contributed by atoms with E-state index in [1.54, 1.807) is 30.2 Å². The van der Waals surface area contributed by atoms with Gasteiger partial charge in [0.1, 0.15) is 22.9 Å². The maximum absolute atomic E-state index is 12.9. The van der Waals surface area contributed by atoms with Gasteiger partial charge in [-0.3, -0.25) is 14.4 Å². The third-order valence-corrected chi connectivity index (χ3v) is 6.02. The zero-order chi connectivity index (χ0) is 22.7. The van der Waals surface area contributed by atoms with E-state index in [1.165, 1.54) is 24.3 Å². The van der Waals surface area contributed by atoms with Gasteiger partial charge in [0, 0.05) is 50.5 Å². The zero-order valence-electron chi connectivity index (χ0n) is 17.9. The van der Waals surface area contributed by atoms with E-state index in [-0.39, 0.29) is 42.7 Å². The molecule has 2 aliphatic heterocycles. The first-order valence-electron chi connectivity index (χ1n) is 10.6. The van der Waals surface area contributed by atoms with Gasteiger partial charge in [-0.25, -0.2) is 4.39 Å². The van der Waals surface area contributed by atoms with Gasteiger partial charge in [0.2, 0.25) is 11.8 Å². The van der Waals surface area contributed by atoms with Crippen molar-refractivity contribution in [2.75, 3.05) is 25.5 Å². The first kappa shape index (κ1) is 21.8. The van der Waals surface area contributed by atoms with Crippen LogP contribution in [0.2, 0.25) is 0 Å². The number of ketones is 1. The van der Waals surface area contributed by atoms with Crippen LogP contribution in [-0.4, -0.2) is 48.3 Å². The van der Waals surface area contributed by atoms with Gasteiger partial charge >= 0.3 is 0 Å². The molecular weight excluding hydrogens is 415 g/mol. The maximum atomic E-state index is 12.9. The summed E-state index contributed by atoms with van der Waals surface area (Å²) in [4.78, 5) is 39.0. The second kappa shape index (κ2) is 8.98. The summed E-state index contributed by atoms with van der Waals surface area (Å²) in [6.45, 7) is 0.927. The predicted molar refractivity (Wildman–Crippen MR) is 115 cm³/mol. The molecule has 2 amide bonds. The topological polar surface area (TPSA) is 84.9 Å². The smallest absolute Gasteiger partial charge is 0.224 e. The fraction of sp³-hybridized carbons (Fsp3) is 0.375. The summed E-state index contributed by atoms with van der Waals surface area (Å²) in [5.74, 6) is 0.389. The molecule has 1 fully saturated rings. The lowest BCUT2D eigenvalue weighted by Crippen LogP contribution is -2.52. The molecule has 1 N–H and O–H groups in total. The number of piperidine rings is 1. The molecule has 2 aromatic carbocycles. The van der Waals surface area contributed by atoms with Crippen LogP contribution in [0.5, 0.6) is 11.5 Å². The van der Waals surface area contributed by atoms with Gasteiger partial charge in [-0.1, -0.05) is 0 Å². The minimum atomic E-state index is -0.618. The zero-order valence-corrected chi connectivity index (χ0v) is 17.9. The molecular formula is C24H25FN2O5. The molecule has 168 valence electrons. The summed E-state index contributed by atoms with van der Waals surface area (Å²) >= 11 is 0. The lowest BCUT2D eigenvalue weighted by molar-refractivity contribution is -0.136. The number of anilines is 1. The Morgan fingerprint density at radius 2 is 1.84 bits per heavy atom. The number of amides is 2. The largest absolute Gasteiger partial charge is 0.497 e. The molecule has 4 rings (SSSR count). The number of carbonyl (C=O) groups is 3. The molecule has 0 unspecified atom stereocenters. The van der Waals surface area contributed by atoms with Crippen LogP contribution < -0.4 is 14.8 Å². The molecule has 0 aliphatic carbocycles. The molecule has 1 spiro atoms. The van der Waals surface area contributed by atoms with Crippen LogP contribution in [0, 0.1) is 5.82 Å². The van der Waals surface area contributed by atoms with Crippen LogP contribution in [0.4, 0.5) is 10.1 Å². The van der Waals surface area contributed by atoms with Crippen molar-refractivity contribution in [3.8, 4) is 11.5 Å². The number of fused-ring (bicyclic) bond motifs is 1. The van der Waals surface area contributed by atoms with E-state index in [0.717, 1.165) is 0 Å². The Hall–Kier alpha value is -3.42. The van der Waals surface area contributed by atoms with Gasteiger partial charge in [0.25, 0.3) is 0 Å². The maximum Gasteiger partial charge on any atom is 0.224 e. The Kier molecular flexibility index (Phi) is 6.12. The first-order chi connectivity index (χ1) is 15.4. The van der Waals surface area contributed by atoms with E-state index in [0.29, 0.717) is 48.7 Å².